The number of cyclic esters (lactones) is 1. The third-order valence-electron chi connectivity index (χ3n) is 12.9. The predicted octanol–water partition coefficient (Wildman–Crippen LogP) is 2.70. The quantitative estimate of drug-likeness (QED) is 0.134. The van der Waals surface area contributed by atoms with Crippen LogP contribution < -0.4 is 5.73 Å². The van der Waals surface area contributed by atoms with E-state index in [0.717, 1.165) is 11.1 Å². The Hall–Kier alpha value is -3.70. The zero-order chi connectivity index (χ0) is 48.8. The summed E-state index contributed by atoms with van der Waals surface area (Å²) in [5, 5.41) is 37.7. The highest BCUT2D eigenvalue weighted by atomic mass is 16.7. The smallest absolute Gasteiger partial charge is 0.308 e. The van der Waals surface area contributed by atoms with Crippen molar-refractivity contribution in [3.05, 3.63) is 53.8 Å². The van der Waals surface area contributed by atoms with Crippen molar-refractivity contribution in [2.75, 3.05) is 73.7 Å². The fourth-order valence-electron chi connectivity index (χ4n) is 9.02. The summed E-state index contributed by atoms with van der Waals surface area (Å²) in [6, 6.07) is 2.90. The number of ketones is 1. The maximum absolute atomic E-state index is 14.1. The van der Waals surface area contributed by atoms with Crippen LogP contribution in [0, 0.1) is 23.7 Å². The highest BCUT2D eigenvalue weighted by Crippen LogP contribution is 2.36. The minimum absolute atomic E-state index is 0.0237. The van der Waals surface area contributed by atoms with E-state index in [-0.39, 0.29) is 57.8 Å². The molecule has 0 amide bonds. The molecule has 5 N–H and O–H groups in total. The number of likely N-dealkylation sites (N-methyl/N-ethyl adjacent to an activating group) is 1. The van der Waals surface area contributed by atoms with E-state index in [1.165, 1.54) is 14.2 Å². The number of aromatic nitrogens is 1. The Balaban J connectivity index is 1.45. The van der Waals surface area contributed by atoms with Crippen molar-refractivity contribution in [2.45, 2.75) is 127 Å². The van der Waals surface area contributed by atoms with Crippen LogP contribution in [0.4, 0.5) is 5.82 Å². The Morgan fingerprint density at radius 3 is 2.40 bits per heavy atom. The van der Waals surface area contributed by atoms with E-state index in [9.17, 15) is 24.9 Å². The van der Waals surface area contributed by atoms with Gasteiger partial charge in [0.05, 0.1) is 69.4 Å². The molecule has 4 aliphatic heterocycles. The summed E-state index contributed by atoms with van der Waals surface area (Å²) in [5.74, 6) is -2.23. The average molecular weight is 947 g/mol. The normalized spacial score (nSPS) is 38.6. The van der Waals surface area contributed by atoms with Crippen molar-refractivity contribution in [3.8, 4) is 0 Å². The van der Waals surface area contributed by atoms with Gasteiger partial charge in [0.1, 0.15) is 42.6 Å². The first kappa shape index (κ1) is 54.2. The van der Waals surface area contributed by atoms with Gasteiger partial charge in [-0.2, -0.15) is 0 Å². The monoisotopic (exact) mass is 947 g/mol. The Morgan fingerprint density at radius 1 is 0.955 bits per heavy atom. The van der Waals surface area contributed by atoms with E-state index in [0.29, 0.717) is 24.4 Å². The number of esters is 1. The van der Waals surface area contributed by atoms with Gasteiger partial charge < -0.3 is 73.4 Å². The van der Waals surface area contributed by atoms with Crippen molar-refractivity contribution >= 4 is 29.4 Å². The van der Waals surface area contributed by atoms with E-state index in [4.69, 9.17) is 53.2 Å². The van der Waals surface area contributed by atoms with Crippen LogP contribution >= 0.6 is 0 Å². The van der Waals surface area contributed by atoms with Gasteiger partial charge in [-0.15, -0.1) is 0 Å². The Kier molecular flexibility index (Phi) is 21.3. The maximum atomic E-state index is 14.1. The number of hydrogen-bond acceptors (Lipinski definition) is 19. The molecule has 5 heterocycles. The Labute approximate surface area is 394 Å². The molecule has 67 heavy (non-hydrogen) atoms. The molecule has 1 unspecified atom stereocenters. The summed E-state index contributed by atoms with van der Waals surface area (Å²) in [7, 11) is 6.48. The number of methoxy groups -OCH3 is 2. The van der Waals surface area contributed by atoms with E-state index in [2.05, 4.69) is 10.1 Å². The molecule has 4 aliphatic rings. The molecule has 3 saturated heterocycles. The van der Waals surface area contributed by atoms with Crippen LogP contribution in [0.25, 0.3) is 6.08 Å². The Morgan fingerprint density at radius 2 is 1.69 bits per heavy atom. The molecule has 5 rings (SSSR count). The molecule has 376 valence electrons. The molecule has 0 aromatic carbocycles. The van der Waals surface area contributed by atoms with Gasteiger partial charge in [0, 0.05) is 50.3 Å². The molecule has 19 nitrogen and oxygen atoms in total. The molecule has 19 heteroatoms. The zero-order valence-electron chi connectivity index (χ0n) is 40.4. The van der Waals surface area contributed by atoms with Gasteiger partial charge in [0.15, 0.2) is 18.4 Å². The fourth-order valence-corrected chi connectivity index (χ4v) is 9.02. The summed E-state index contributed by atoms with van der Waals surface area (Å²) < 4.78 is 55.2. The lowest BCUT2D eigenvalue weighted by molar-refractivity contribution is -0.305. The molecule has 2 bridgehead atoms. The molecule has 3 fully saturated rings. The lowest BCUT2D eigenvalue weighted by atomic mass is 9.79. The van der Waals surface area contributed by atoms with E-state index < -0.39 is 97.3 Å². The number of nitrogens with zero attached hydrogens (tertiary/aromatic N) is 3. The molecule has 0 saturated carbocycles. The van der Waals surface area contributed by atoms with Crippen molar-refractivity contribution in [1.29, 1.82) is 0 Å². The highest BCUT2D eigenvalue weighted by Gasteiger charge is 2.48. The number of carbonyl (C=O) groups is 2. The maximum Gasteiger partial charge on any atom is 0.308 e. The summed E-state index contributed by atoms with van der Waals surface area (Å²) >= 11 is 0. The molecular weight excluding hydrogens is 873 g/mol. The summed E-state index contributed by atoms with van der Waals surface area (Å²) in [6.07, 6.45) is 1.16. The largest absolute Gasteiger partial charge is 0.465 e. The van der Waals surface area contributed by atoms with Crippen molar-refractivity contribution in [3.63, 3.8) is 0 Å². The van der Waals surface area contributed by atoms with Gasteiger partial charge in [-0.3, -0.25) is 9.59 Å². The number of ether oxygens (including phenoxy) is 9. The number of allylic oxidation sites excluding steroid dienone is 3. The van der Waals surface area contributed by atoms with Crippen LogP contribution in [0.3, 0.4) is 0 Å². The number of oxime groups is 1. The highest BCUT2D eigenvalue weighted by molar-refractivity contribution is 5.91. The average Bonchev–Trinajstić information content (AvgIpc) is 3.31. The number of carbonyl (C=O) groups excluding carboxylic acids is 2. The molecular formula is C48H74N4O15. The van der Waals surface area contributed by atoms with Crippen molar-refractivity contribution < 1.29 is 72.4 Å². The van der Waals surface area contributed by atoms with Crippen LogP contribution in [-0.2, 0) is 57.1 Å². The van der Waals surface area contributed by atoms with Crippen LogP contribution in [0.5, 0.6) is 0 Å². The SMILES string of the molecule is CO[C@@H]1[C@H](O)[C@@H](C)O[C@@H](OC[C@H]2/C=C(C)/C=C/C(=O)[C@H](C)CC3CCOC/C(=N\OC/C=C/c4cccnc4N)CO[C@H](CC(=O)OC2)[C@H](C)[C@H]3O[C@@H]2O[C@H](C)[C@@H](O)[C@H](N(C)C)[C@H]2O)[C@@H]1OC. The number of fused-ring (bicyclic) bond motifs is 3. The first-order valence-corrected chi connectivity index (χ1v) is 23.2. The summed E-state index contributed by atoms with van der Waals surface area (Å²) in [4.78, 5) is 39.5. The summed E-state index contributed by atoms with van der Waals surface area (Å²) in [6.45, 7) is 9.28. The third kappa shape index (κ3) is 15.1. The lowest BCUT2D eigenvalue weighted by Crippen LogP contribution is -2.63. The molecule has 0 radical (unpaired) electrons. The van der Waals surface area contributed by atoms with Gasteiger partial charge in [0.25, 0.3) is 0 Å². The number of hydrogen-bond donors (Lipinski definition) is 4. The zero-order valence-corrected chi connectivity index (χ0v) is 40.4. The van der Waals surface area contributed by atoms with Crippen LogP contribution in [0.15, 0.2) is 53.4 Å². The lowest BCUT2D eigenvalue weighted by Gasteiger charge is -2.47. The number of nitrogens with two attached hydrogens (primary N) is 1. The topological polar surface area (TPSA) is 242 Å². The second-order valence-electron chi connectivity index (χ2n) is 18.3. The fraction of sp³-hybridized carbons (Fsp3) is 0.708. The summed E-state index contributed by atoms with van der Waals surface area (Å²) in [5.41, 5.74) is 7.86. The standard InChI is InChI=1S/C48H74N4O15/c1-27-14-15-36(53)28(2)21-34-16-19-60-25-35(51-64-18-11-13-33-12-10-17-50-46(33)49)26-61-37(29(3)43(34)67-47-42(57)39(52(6)7)40(55)30(4)65-47)22-38(54)62-23-32(20-27)24-63-48-45(59-9)44(58-8)41(56)31(5)66-48/h10-15,17,20,28-32,34,37,39-45,47-48,55-57H,16,18-19,21-26H2,1-9H3,(H2,49,50)/b13-11+,15-14+,27-20+,51-35+/t28-,29+,30-,31-,32+,34?,37-,39+,40-,41-,42-,43-,44-,45-,47+,48-/m1/s1. The molecule has 0 aliphatic carbocycles. The minimum Gasteiger partial charge on any atom is -0.465 e. The van der Waals surface area contributed by atoms with Crippen LogP contribution in [0.1, 0.15) is 59.4 Å². The van der Waals surface area contributed by atoms with Gasteiger partial charge in [-0.05, 0) is 77.9 Å². The van der Waals surface area contributed by atoms with Crippen LogP contribution in [-0.4, -0.2) is 184 Å². The third-order valence-corrected chi connectivity index (χ3v) is 12.9. The number of anilines is 1. The first-order valence-electron chi connectivity index (χ1n) is 23.2. The van der Waals surface area contributed by atoms with Gasteiger partial charge >= 0.3 is 5.97 Å². The minimum atomic E-state index is -1.26. The molecule has 1 aromatic heterocycles. The van der Waals surface area contributed by atoms with Gasteiger partial charge in [-0.1, -0.05) is 42.8 Å². The van der Waals surface area contributed by atoms with Crippen molar-refractivity contribution in [2.24, 2.45) is 28.8 Å². The molecule has 1 aromatic rings. The Bertz CT molecular complexity index is 1850. The van der Waals surface area contributed by atoms with Gasteiger partial charge in [0.2, 0.25) is 0 Å². The number of rotatable bonds is 12. The predicted molar refractivity (Wildman–Crippen MR) is 246 cm³/mol. The van der Waals surface area contributed by atoms with E-state index >= 15 is 0 Å². The first-order chi connectivity index (χ1) is 32.0. The number of aliphatic hydroxyl groups is 3. The second kappa shape index (κ2) is 26.3. The number of nitrogen functional groups attached to an aromatic ring is 1. The molecule has 0 spiro atoms. The van der Waals surface area contributed by atoms with E-state index in [1.54, 1.807) is 69.4 Å². The van der Waals surface area contributed by atoms with Crippen LogP contribution in [0.2, 0.25) is 0 Å². The second-order valence-corrected chi connectivity index (χ2v) is 18.3. The number of aliphatic hydroxyl groups excluding tert-OH is 3. The molecule has 16 atom stereocenters. The number of pyridine rings is 1. The van der Waals surface area contributed by atoms with Gasteiger partial charge in [-0.25, -0.2) is 4.98 Å². The van der Waals surface area contributed by atoms with Crippen molar-refractivity contribution in [1.82, 2.24) is 9.88 Å². The van der Waals surface area contributed by atoms with E-state index in [1.807, 2.05) is 32.9 Å².